The second-order valence-electron chi connectivity index (χ2n) is 7.08. The maximum absolute atomic E-state index is 12.0. The Kier molecular flexibility index (Phi) is 6.90. The van der Waals surface area contributed by atoms with Gasteiger partial charge in [0, 0.05) is 26.2 Å². The van der Waals surface area contributed by atoms with Gasteiger partial charge < -0.3 is 20.5 Å². The van der Waals surface area contributed by atoms with Gasteiger partial charge in [-0.25, -0.2) is 4.79 Å². The fourth-order valence-electron chi connectivity index (χ4n) is 2.42. The molecule has 1 rings (SSSR count). The first-order valence-electron chi connectivity index (χ1n) is 7.81. The Bertz CT molecular complexity index is 323. The van der Waals surface area contributed by atoms with Gasteiger partial charge in [-0.05, 0) is 33.1 Å². The average molecular weight is 301 g/mol. The van der Waals surface area contributed by atoms with Gasteiger partial charge in [0.25, 0.3) is 0 Å². The Hall–Kier alpha value is -0.850. The third-order valence-electron chi connectivity index (χ3n) is 3.31. The molecule has 6 heteroatoms. The minimum atomic E-state index is -0.679. The van der Waals surface area contributed by atoms with Gasteiger partial charge in [-0.2, -0.15) is 0 Å². The zero-order chi connectivity index (χ0) is 16.0. The maximum Gasteiger partial charge on any atom is 0.408 e. The van der Waals surface area contributed by atoms with Crippen molar-refractivity contribution in [2.75, 3.05) is 26.2 Å². The Labute approximate surface area is 128 Å². The molecule has 6 nitrogen and oxygen atoms in total. The van der Waals surface area contributed by atoms with Crippen molar-refractivity contribution in [2.45, 2.75) is 58.9 Å². The minimum Gasteiger partial charge on any atom is -0.444 e. The number of amides is 1. The molecule has 0 aromatic rings. The van der Waals surface area contributed by atoms with Crippen molar-refractivity contribution in [1.82, 2.24) is 15.5 Å². The third kappa shape index (κ3) is 7.11. The maximum atomic E-state index is 12.0. The standard InChI is InChI=1S/C15H31N3O3/c1-11(2)10-12(17-14(20)21-15(3,4)5)13(19)18-8-6-16-7-9-18/h11-13,16,19H,6-10H2,1-5H3,(H,17,20)/t12-,13-/m0/s1. The molecule has 0 aromatic carbocycles. The van der Waals surface area contributed by atoms with Crippen LogP contribution in [0, 0.1) is 5.92 Å². The smallest absolute Gasteiger partial charge is 0.408 e. The lowest BCUT2D eigenvalue weighted by Gasteiger charge is -2.37. The van der Waals surface area contributed by atoms with E-state index in [0.717, 1.165) is 26.2 Å². The summed E-state index contributed by atoms with van der Waals surface area (Å²) in [6, 6.07) is -0.321. The van der Waals surface area contributed by atoms with Gasteiger partial charge in [0.1, 0.15) is 11.8 Å². The van der Waals surface area contributed by atoms with Gasteiger partial charge in [-0.15, -0.1) is 0 Å². The predicted molar refractivity (Wildman–Crippen MR) is 83.1 cm³/mol. The van der Waals surface area contributed by atoms with Crippen molar-refractivity contribution in [1.29, 1.82) is 0 Å². The number of carbonyl (C=O) groups excluding carboxylic acids is 1. The van der Waals surface area contributed by atoms with E-state index in [-0.39, 0.29) is 6.04 Å². The van der Waals surface area contributed by atoms with Crippen LogP contribution in [0.5, 0.6) is 0 Å². The second kappa shape index (κ2) is 7.96. The number of aliphatic hydroxyl groups is 1. The number of ether oxygens (including phenoxy) is 1. The number of aliphatic hydroxyl groups excluding tert-OH is 1. The van der Waals surface area contributed by atoms with Crippen LogP contribution in [0.1, 0.15) is 41.0 Å². The molecule has 0 aromatic heterocycles. The van der Waals surface area contributed by atoms with E-state index in [0.29, 0.717) is 12.3 Å². The highest BCUT2D eigenvalue weighted by Gasteiger charge is 2.29. The Morgan fingerprint density at radius 3 is 2.38 bits per heavy atom. The zero-order valence-corrected chi connectivity index (χ0v) is 14.0. The summed E-state index contributed by atoms with van der Waals surface area (Å²) in [6.45, 7) is 12.9. The van der Waals surface area contributed by atoms with E-state index in [1.807, 2.05) is 25.7 Å². The van der Waals surface area contributed by atoms with Crippen LogP contribution in [-0.2, 0) is 4.74 Å². The lowest BCUT2D eigenvalue weighted by Crippen LogP contribution is -2.57. The highest BCUT2D eigenvalue weighted by molar-refractivity contribution is 5.68. The summed E-state index contributed by atoms with van der Waals surface area (Å²) in [5.41, 5.74) is -0.535. The molecule has 0 saturated carbocycles. The number of nitrogens with one attached hydrogen (secondary N) is 2. The molecule has 0 spiro atoms. The van der Waals surface area contributed by atoms with Crippen LogP contribution in [0.15, 0.2) is 0 Å². The van der Waals surface area contributed by atoms with Crippen LogP contribution in [0.25, 0.3) is 0 Å². The van der Waals surface area contributed by atoms with E-state index in [1.165, 1.54) is 0 Å². The summed E-state index contributed by atoms with van der Waals surface area (Å²) >= 11 is 0. The molecule has 1 amide bonds. The summed E-state index contributed by atoms with van der Waals surface area (Å²) in [7, 11) is 0. The molecule has 1 heterocycles. The molecule has 1 fully saturated rings. The summed E-state index contributed by atoms with van der Waals surface area (Å²) in [4.78, 5) is 14.0. The van der Waals surface area contributed by atoms with Gasteiger partial charge in [0.15, 0.2) is 0 Å². The molecule has 1 aliphatic heterocycles. The van der Waals surface area contributed by atoms with Crippen LogP contribution < -0.4 is 10.6 Å². The SMILES string of the molecule is CC(C)C[C@H](NC(=O)OC(C)(C)C)[C@H](O)N1CCNCC1. The number of carbonyl (C=O) groups is 1. The topological polar surface area (TPSA) is 73.8 Å². The first-order chi connectivity index (χ1) is 9.69. The lowest BCUT2D eigenvalue weighted by atomic mass is 10.0. The molecule has 0 radical (unpaired) electrons. The van der Waals surface area contributed by atoms with Crippen molar-refractivity contribution in [2.24, 2.45) is 5.92 Å². The largest absolute Gasteiger partial charge is 0.444 e. The van der Waals surface area contributed by atoms with E-state index >= 15 is 0 Å². The summed E-state index contributed by atoms with van der Waals surface area (Å²) < 4.78 is 5.30. The highest BCUT2D eigenvalue weighted by Crippen LogP contribution is 2.14. The molecule has 3 N–H and O–H groups in total. The van der Waals surface area contributed by atoms with Crippen LogP contribution in [-0.4, -0.2) is 60.1 Å². The first-order valence-corrected chi connectivity index (χ1v) is 7.81. The summed E-state index contributed by atoms with van der Waals surface area (Å²) in [5, 5.41) is 16.6. The van der Waals surface area contributed by atoms with Crippen LogP contribution in [0.4, 0.5) is 4.79 Å². The Morgan fingerprint density at radius 2 is 1.90 bits per heavy atom. The molecule has 2 atom stereocenters. The van der Waals surface area contributed by atoms with E-state index in [2.05, 4.69) is 24.5 Å². The quantitative estimate of drug-likeness (QED) is 0.710. The average Bonchev–Trinajstić information content (AvgIpc) is 2.35. The molecular formula is C15H31N3O3. The van der Waals surface area contributed by atoms with Crippen molar-refractivity contribution in [3.05, 3.63) is 0 Å². The normalized spacial score (nSPS) is 20.1. The Morgan fingerprint density at radius 1 is 1.33 bits per heavy atom. The number of rotatable bonds is 5. The molecule has 1 aliphatic rings. The van der Waals surface area contributed by atoms with Gasteiger partial charge in [-0.1, -0.05) is 13.8 Å². The molecule has 21 heavy (non-hydrogen) atoms. The molecule has 1 saturated heterocycles. The lowest BCUT2D eigenvalue weighted by molar-refractivity contribution is -0.0376. The van der Waals surface area contributed by atoms with Crippen molar-refractivity contribution in [3.8, 4) is 0 Å². The molecule has 0 aliphatic carbocycles. The monoisotopic (exact) mass is 301 g/mol. The fourth-order valence-corrected chi connectivity index (χ4v) is 2.42. The fraction of sp³-hybridized carbons (Fsp3) is 0.933. The van der Waals surface area contributed by atoms with Crippen molar-refractivity contribution < 1.29 is 14.6 Å². The summed E-state index contributed by atoms with van der Waals surface area (Å²) in [6.07, 6.45) is -0.436. The second-order valence-corrected chi connectivity index (χ2v) is 7.08. The van der Waals surface area contributed by atoms with Gasteiger partial charge in [0.2, 0.25) is 0 Å². The number of alkyl carbamates (subject to hydrolysis) is 1. The van der Waals surface area contributed by atoms with Gasteiger partial charge in [0.05, 0.1) is 6.04 Å². The predicted octanol–water partition coefficient (Wildman–Crippen LogP) is 1.15. The highest BCUT2D eigenvalue weighted by atomic mass is 16.6. The minimum absolute atomic E-state index is 0.321. The van der Waals surface area contributed by atoms with E-state index in [1.54, 1.807) is 0 Å². The van der Waals surface area contributed by atoms with Crippen LogP contribution in [0.3, 0.4) is 0 Å². The third-order valence-corrected chi connectivity index (χ3v) is 3.31. The number of hydrogen-bond donors (Lipinski definition) is 3. The van der Waals surface area contributed by atoms with E-state index in [4.69, 9.17) is 4.74 Å². The van der Waals surface area contributed by atoms with Gasteiger partial charge in [-0.3, -0.25) is 4.90 Å². The van der Waals surface area contributed by atoms with Crippen LogP contribution >= 0.6 is 0 Å². The molecule has 0 bridgehead atoms. The number of hydrogen-bond acceptors (Lipinski definition) is 5. The van der Waals surface area contributed by atoms with Gasteiger partial charge >= 0.3 is 6.09 Å². The first kappa shape index (κ1) is 18.2. The zero-order valence-electron chi connectivity index (χ0n) is 14.0. The molecule has 124 valence electrons. The van der Waals surface area contributed by atoms with Crippen molar-refractivity contribution in [3.63, 3.8) is 0 Å². The van der Waals surface area contributed by atoms with E-state index < -0.39 is 17.9 Å². The van der Waals surface area contributed by atoms with E-state index in [9.17, 15) is 9.90 Å². The number of piperazine rings is 1. The summed E-state index contributed by atoms with van der Waals surface area (Å²) in [5.74, 6) is 0.377. The van der Waals surface area contributed by atoms with Crippen molar-refractivity contribution >= 4 is 6.09 Å². The molecular weight excluding hydrogens is 270 g/mol. The molecule has 0 unspecified atom stereocenters. The van der Waals surface area contributed by atoms with Crippen LogP contribution in [0.2, 0.25) is 0 Å². The Balaban J connectivity index is 2.63. The number of nitrogens with zero attached hydrogens (tertiary/aromatic N) is 1.